The smallest absolute Gasteiger partial charge is 0.134 e. The molecule has 0 amide bonds. The number of anilines is 2. The summed E-state index contributed by atoms with van der Waals surface area (Å²) in [5.41, 5.74) is 2.53. The van der Waals surface area contributed by atoms with E-state index in [9.17, 15) is 0 Å². The normalized spacial score (nSPS) is 15.4. The highest BCUT2D eigenvalue weighted by Crippen LogP contribution is 2.20. The van der Waals surface area contributed by atoms with E-state index in [4.69, 9.17) is 0 Å². The van der Waals surface area contributed by atoms with E-state index in [1.807, 2.05) is 6.92 Å². The molecule has 0 radical (unpaired) electrons. The van der Waals surface area contributed by atoms with E-state index in [0.717, 1.165) is 63.1 Å². The molecule has 0 spiro atoms. The third-order valence-corrected chi connectivity index (χ3v) is 5.34. The molecule has 0 saturated carbocycles. The molecule has 6 heteroatoms. The fraction of sp³-hybridized carbons (Fsp3) is 0.429. The van der Waals surface area contributed by atoms with Crippen molar-refractivity contribution in [1.29, 1.82) is 0 Å². The molecule has 1 aromatic carbocycles. The number of rotatable bonds is 6. The van der Waals surface area contributed by atoms with Gasteiger partial charge in [0, 0.05) is 55.9 Å². The molecule has 1 aliphatic heterocycles. The second-order valence-electron chi connectivity index (χ2n) is 7.12. The van der Waals surface area contributed by atoms with Crippen molar-refractivity contribution in [2.75, 3.05) is 49.5 Å². The highest BCUT2D eigenvalue weighted by Gasteiger charge is 2.17. The third kappa shape index (κ3) is 4.06. The first-order valence-corrected chi connectivity index (χ1v) is 9.85. The number of nitrogens with zero attached hydrogens (tertiary/aromatic N) is 4. The lowest BCUT2D eigenvalue weighted by Gasteiger charge is -2.34. The monoisotopic (exact) mass is 364 g/mol. The fourth-order valence-electron chi connectivity index (χ4n) is 3.76. The Balaban J connectivity index is 1.40. The standard InChI is InChI=1S/C21H28N6/c1-3-26-10-12-27(13-11-26)21-14-20(24-16(2)25-21)22-9-8-17-15-23-19-7-5-4-6-18(17)19/h4-7,14-15,23H,3,8-13H2,1-2H3,(H,22,24,25). The first-order chi connectivity index (χ1) is 13.2. The zero-order valence-electron chi connectivity index (χ0n) is 16.2. The Hall–Kier alpha value is -2.60. The first-order valence-electron chi connectivity index (χ1n) is 9.85. The minimum absolute atomic E-state index is 0.819. The lowest BCUT2D eigenvalue weighted by atomic mass is 10.1. The van der Waals surface area contributed by atoms with E-state index in [1.54, 1.807) is 0 Å². The van der Waals surface area contributed by atoms with Gasteiger partial charge in [-0.25, -0.2) is 9.97 Å². The van der Waals surface area contributed by atoms with Crippen LogP contribution >= 0.6 is 0 Å². The molecule has 1 saturated heterocycles. The summed E-state index contributed by atoms with van der Waals surface area (Å²) in [6, 6.07) is 10.5. The Labute approximate surface area is 160 Å². The van der Waals surface area contributed by atoms with E-state index in [2.05, 4.69) is 73.5 Å². The van der Waals surface area contributed by atoms with Crippen LogP contribution in [-0.2, 0) is 6.42 Å². The maximum Gasteiger partial charge on any atom is 0.134 e. The molecule has 2 aromatic heterocycles. The van der Waals surface area contributed by atoms with Gasteiger partial charge in [0.2, 0.25) is 0 Å². The Morgan fingerprint density at radius 2 is 1.93 bits per heavy atom. The quantitative estimate of drug-likeness (QED) is 0.704. The first kappa shape index (κ1) is 17.8. The predicted molar refractivity (Wildman–Crippen MR) is 112 cm³/mol. The van der Waals surface area contributed by atoms with Crippen molar-refractivity contribution in [2.24, 2.45) is 0 Å². The van der Waals surface area contributed by atoms with Gasteiger partial charge >= 0.3 is 0 Å². The Morgan fingerprint density at radius 3 is 2.74 bits per heavy atom. The molecular weight excluding hydrogens is 336 g/mol. The number of H-pyrrole nitrogens is 1. The molecule has 3 aromatic rings. The van der Waals surface area contributed by atoms with Gasteiger partial charge in [0.1, 0.15) is 17.5 Å². The average molecular weight is 364 g/mol. The Kier molecular flexibility index (Phi) is 5.25. The zero-order valence-corrected chi connectivity index (χ0v) is 16.2. The van der Waals surface area contributed by atoms with Gasteiger partial charge < -0.3 is 20.1 Å². The van der Waals surface area contributed by atoms with E-state index < -0.39 is 0 Å². The fourth-order valence-corrected chi connectivity index (χ4v) is 3.76. The summed E-state index contributed by atoms with van der Waals surface area (Å²) in [5.74, 6) is 2.77. The summed E-state index contributed by atoms with van der Waals surface area (Å²) in [6.45, 7) is 10.4. The molecule has 4 rings (SSSR count). The summed E-state index contributed by atoms with van der Waals surface area (Å²) in [6.07, 6.45) is 3.06. The molecule has 1 aliphatic rings. The van der Waals surface area contributed by atoms with Crippen LogP contribution in [0.4, 0.5) is 11.6 Å². The van der Waals surface area contributed by atoms with Crippen molar-refractivity contribution in [3.05, 3.63) is 47.9 Å². The van der Waals surface area contributed by atoms with E-state index in [1.165, 1.54) is 16.5 Å². The van der Waals surface area contributed by atoms with Gasteiger partial charge in [-0.3, -0.25) is 0 Å². The number of piperazine rings is 1. The van der Waals surface area contributed by atoms with E-state index >= 15 is 0 Å². The van der Waals surface area contributed by atoms with Crippen molar-refractivity contribution in [3.63, 3.8) is 0 Å². The molecular formula is C21H28N6. The molecule has 142 valence electrons. The molecule has 0 bridgehead atoms. The van der Waals surface area contributed by atoms with Crippen LogP contribution in [0.2, 0.25) is 0 Å². The summed E-state index contributed by atoms with van der Waals surface area (Å²) in [4.78, 5) is 17.4. The molecule has 1 fully saturated rings. The second kappa shape index (κ2) is 7.96. The Morgan fingerprint density at radius 1 is 1.11 bits per heavy atom. The number of benzene rings is 1. The predicted octanol–water partition coefficient (Wildman–Crippen LogP) is 3.06. The zero-order chi connectivity index (χ0) is 18.6. The molecule has 3 heterocycles. The second-order valence-corrected chi connectivity index (χ2v) is 7.12. The van der Waals surface area contributed by atoms with Crippen LogP contribution in [0.5, 0.6) is 0 Å². The summed E-state index contributed by atoms with van der Waals surface area (Å²) < 4.78 is 0. The number of aryl methyl sites for hydroxylation is 1. The minimum atomic E-state index is 0.819. The van der Waals surface area contributed by atoms with Gasteiger partial charge in [-0.2, -0.15) is 0 Å². The molecule has 6 nitrogen and oxygen atoms in total. The van der Waals surface area contributed by atoms with E-state index in [0.29, 0.717) is 0 Å². The maximum absolute atomic E-state index is 4.66. The highest BCUT2D eigenvalue weighted by molar-refractivity contribution is 5.83. The number of likely N-dealkylation sites (N-methyl/N-ethyl adjacent to an activating group) is 1. The van der Waals surface area contributed by atoms with Crippen LogP contribution in [0.25, 0.3) is 10.9 Å². The number of hydrogen-bond donors (Lipinski definition) is 2. The number of nitrogens with one attached hydrogen (secondary N) is 2. The molecule has 2 N–H and O–H groups in total. The van der Waals surface area contributed by atoms with Gasteiger partial charge in [-0.05, 0) is 31.5 Å². The number of aromatic nitrogens is 3. The average Bonchev–Trinajstić information content (AvgIpc) is 3.11. The minimum Gasteiger partial charge on any atom is -0.370 e. The summed E-state index contributed by atoms with van der Waals surface area (Å²) >= 11 is 0. The van der Waals surface area contributed by atoms with Crippen molar-refractivity contribution >= 4 is 22.5 Å². The van der Waals surface area contributed by atoms with Gasteiger partial charge in [0.15, 0.2) is 0 Å². The van der Waals surface area contributed by atoms with Crippen LogP contribution in [0, 0.1) is 6.92 Å². The summed E-state index contributed by atoms with van der Waals surface area (Å²) in [7, 11) is 0. The number of hydrogen-bond acceptors (Lipinski definition) is 5. The van der Waals surface area contributed by atoms with Gasteiger partial charge in [0.25, 0.3) is 0 Å². The SMILES string of the molecule is CCN1CCN(c2cc(NCCc3c[nH]c4ccccc34)nc(C)n2)CC1. The van der Waals surface area contributed by atoms with Crippen LogP contribution in [0.15, 0.2) is 36.5 Å². The van der Waals surface area contributed by atoms with Crippen LogP contribution < -0.4 is 10.2 Å². The van der Waals surface area contributed by atoms with Crippen LogP contribution in [0.1, 0.15) is 18.3 Å². The topological polar surface area (TPSA) is 60.1 Å². The lowest BCUT2D eigenvalue weighted by Crippen LogP contribution is -2.46. The number of para-hydroxylation sites is 1. The van der Waals surface area contributed by atoms with Crippen molar-refractivity contribution in [1.82, 2.24) is 19.9 Å². The number of fused-ring (bicyclic) bond motifs is 1. The van der Waals surface area contributed by atoms with Crippen LogP contribution in [-0.4, -0.2) is 59.1 Å². The van der Waals surface area contributed by atoms with Gasteiger partial charge in [0.05, 0.1) is 0 Å². The van der Waals surface area contributed by atoms with Crippen molar-refractivity contribution in [2.45, 2.75) is 20.3 Å². The highest BCUT2D eigenvalue weighted by atomic mass is 15.3. The van der Waals surface area contributed by atoms with Gasteiger partial charge in [-0.15, -0.1) is 0 Å². The van der Waals surface area contributed by atoms with Crippen molar-refractivity contribution < 1.29 is 0 Å². The number of aromatic amines is 1. The van der Waals surface area contributed by atoms with Crippen molar-refractivity contribution in [3.8, 4) is 0 Å². The van der Waals surface area contributed by atoms with E-state index in [-0.39, 0.29) is 0 Å². The molecule has 0 atom stereocenters. The molecule has 0 unspecified atom stereocenters. The Bertz CT molecular complexity index is 895. The molecule has 0 aliphatic carbocycles. The largest absolute Gasteiger partial charge is 0.370 e. The molecule has 27 heavy (non-hydrogen) atoms. The van der Waals surface area contributed by atoms with Crippen LogP contribution in [0.3, 0.4) is 0 Å². The lowest BCUT2D eigenvalue weighted by molar-refractivity contribution is 0.270. The summed E-state index contributed by atoms with van der Waals surface area (Å²) in [5, 5.41) is 4.78. The third-order valence-electron chi connectivity index (χ3n) is 5.34. The van der Waals surface area contributed by atoms with Gasteiger partial charge in [-0.1, -0.05) is 25.1 Å². The maximum atomic E-state index is 4.66.